The zero-order valence-corrected chi connectivity index (χ0v) is 48.1. The predicted molar refractivity (Wildman–Crippen MR) is 315 cm³/mol. The van der Waals surface area contributed by atoms with E-state index in [1.54, 1.807) is 0 Å². The standard InChI is InChI=1S/C70H61N7.Pt/c1-45-37-38-71-62(39-45)77-58-32-18-17-29-54(58)55-36-35-49(41-61(55)77)66-72-65(73-67(74-66)63-56(69(5,6)7)42-50(68(2,3)4)43-57(63)70(8,9)10)48-27-21-28-51(40-48)75-44-76(60-34-20-19-33-59(60)75)64-52(46-23-13-11-14-24-46)30-22-31-53(64)47-25-15-12-16-26-47;/h11-39,42-43H,1-10H3;/q-2;. The van der Waals surface area contributed by atoms with E-state index >= 15 is 0 Å². The second-order valence-electron chi connectivity index (χ2n) is 23.3. The van der Waals surface area contributed by atoms with Gasteiger partial charge >= 0.3 is 0 Å². The van der Waals surface area contributed by atoms with Gasteiger partial charge in [-0.1, -0.05) is 201 Å². The van der Waals surface area contributed by atoms with Gasteiger partial charge in [0.05, 0.1) is 28.4 Å². The van der Waals surface area contributed by atoms with Crippen molar-refractivity contribution in [2.24, 2.45) is 0 Å². The van der Waals surface area contributed by atoms with Crippen LogP contribution in [0.25, 0.3) is 106 Å². The predicted octanol–water partition coefficient (Wildman–Crippen LogP) is 16.5. The summed E-state index contributed by atoms with van der Waals surface area (Å²) in [5.74, 6) is 2.45. The summed E-state index contributed by atoms with van der Waals surface area (Å²) in [6, 6.07) is 71.8. The molecule has 0 fully saturated rings. The first-order valence-electron chi connectivity index (χ1n) is 26.6. The van der Waals surface area contributed by atoms with Gasteiger partial charge in [-0.2, -0.15) is 0 Å². The molecule has 12 aromatic rings. The molecule has 12 rings (SSSR count). The summed E-state index contributed by atoms with van der Waals surface area (Å²) in [5.41, 5.74) is 16.8. The van der Waals surface area contributed by atoms with Crippen LogP contribution in [-0.4, -0.2) is 29.1 Å². The molecular weight excluding hydrogens is 1130 g/mol. The second kappa shape index (κ2) is 20.0. The Morgan fingerprint density at radius 2 is 1.05 bits per heavy atom. The van der Waals surface area contributed by atoms with Gasteiger partial charge in [0.2, 0.25) is 0 Å². The van der Waals surface area contributed by atoms with Gasteiger partial charge in [0.25, 0.3) is 6.33 Å². The molecule has 0 saturated heterocycles. The van der Waals surface area contributed by atoms with Gasteiger partial charge in [0.15, 0.2) is 0 Å². The minimum atomic E-state index is -0.261. The number of para-hydroxylation sites is 4. The normalized spacial score (nSPS) is 12.1. The van der Waals surface area contributed by atoms with Gasteiger partial charge < -0.3 is 14.1 Å². The molecule has 0 aliphatic carbocycles. The first kappa shape index (κ1) is 52.0. The molecule has 8 aromatic carbocycles. The fraction of sp³-hybridized carbons (Fsp3) is 0.186. The molecule has 4 aromatic heterocycles. The fourth-order valence-electron chi connectivity index (χ4n) is 10.7. The van der Waals surface area contributed by atoms with E-state index in [1.807, 2.05) is 12.3 Å². The van der Waals surface area contributed by atoms with Crippen LogP contribution in [0.2, 0.25) is 0 Å². The van der Waals surface area contributed by atoms with Crippen molar-refractivity contribution in [3.63, 3.8) is 0 Å². The maximum Gasteiger partial charge on any atom is 0.268 e. The van der Waals surface area contributed by atoms with Crippen molar-refractivity contribution in [3.05, 3.63) is 229 Å². The number of nitrogens with zero attached hydrogens (tertiary/aromatic N) is 7. The van der Waals surface area contributed by atoms with Crippen LogP contribution in [0.5, 0.6) is 0 Å². The van der Waals surface area contributed by atoms with Crippen LogP contribution in [0.1, 0.15) is 84.6 Å². The molecule has 0 aliphatic rings. The SMILES string of the molecule is Cc1ccnc(-n2c3[c-]c(-c4nc(-c5[c-]c(-[n+]6[c-]n(-c7c(-c8ccccc8)cccc7-c7ccccc7)c7ccccc76)ccc5)nc(-c5c(C(C)(C)C)cc(C(C)(C)C)cc5C(C)(C)C)n4)ccc3c3ccccc32)c1.[Pt]. The van der Waals surface area contributed by atoms with Gasteiger partial charge in [-0.05, 0) is 102 Å². The van der Waals surface area contributed by atoms with Crippen molar-refractivity contribution in [2.45, 2.75) is 85.5 Å². The molecule has 0 aliphatic heterocycles. The van der Waals surface area contributed by atoms with Crippen molar-refractivity contribution in [1.29, 1.82) is 0 Å². The third-order valence-electron chi connectivity index (χ3n) is 14.7. The topological polar surface area (TPSA) is 65.3 Å². The number of aryl methyl sites for hydroxylation is 1. The number of hydrogen-bond donors (Lipinski definition) is 0. The molecule has 0 amide bonds. The maximum absolute atomic E-state index is 5.54. The molecule has 0 N–H and O–H groups in total. The second-order valence-corrected chi connectivity index (χ2v) is 23.3. The monoisotopic (exact) mass is 1190 g/mol. The van der Waals surface area contributed by atoms with Crippen LogP contribution < -0.4 is 4.57 Å². The summed E-state index contributed by atoms with van der Waals surface area (Å²) in [7, 11) is 0. The Labute approximate surface area is 472 Å². The molecule has 8 heteroatoms. The van der Waals surface area contributed by atoms with Gasteiger partial charge in [0.1, 0.15) is 11.6 Å². The largest absolute Gasteiger partial charge is 0.313 e. The molecule has 0 atom stereocenters. The first-order chi connectivity index (χ1) is 37.0. The van der Waals surface area contributed by atoms with Crippen LogP contribution in [0, 0.1) is 25.4 Å². The van der Waals surface area contributed by atoms with Crippen molar-refractivity contribution < 1.29 is 25.6 Å². The van der Waals surface area contributed by atoms with Crippen molar-refractivity contribution in [2.75, 3.05) is 0 Å². The average molecular weight is 1200 g/mol. The fourth-order valence-corrected chi connectivity index (χ4v) is 10.7. The quantitative estimate of drug-likeness (QED) is 0.112. The Balaban J connectivity index is 0.00000645. The third kappa shape index (κ3) is 9.49. The first-order valence-corrected chi connectivity index (χ1v) is 26.6. The summed E-state index contributed by atoms with van der Waals surface area (Å²) >= 11 is 0. The molecule has 0 saturated carbocycles. The number of aromatic nitrogens is 7. The Hall–Kier alpha value is -8.12. The third-order valence-corrected chi connectivity index (χ3v) is 14.7. The van der Waals surface area contributed by atoms with Gasteiger partial charge in [-0.3, -0.25) is 14.5 Å². The summed E-state index contributed by atoms with van der Waals surface area (Å²) < 4.78 is 6.52. The Morgan fingerprint density at radius 1 is 0.487 bits per heavy atom. The number of rotatable bonds is 8. The molecule has 78 heavy (non-hydrogen) atoms. The minimum Gasteiger partial charge on any atom is -0.313 e. The molecule has 0 radical (unpaired) electrons. The van der Waals surface area contributed by atoms with E-state index in [-0.39, 0.29) is 37.3 Å². The van der Waals surface area contributed by atoms with E-state index in [9.17, 15) is 0 Å². The van der Waals surface area contributed by atoms with E-state index in [2.05, 4.69) is 277 Å². The van der Waals surface area contributed by atoms with Crippen LogP contribution >= 0.6 is 0 Å². The Kier molecular flexibility index (Phi) is 13.3. The van der Waals surface area contributed by atoms with Gasteiger partial charge in [-0.25, -0.2) is 4.98 Å². The van der Waals surface area contributed by atoms with Crippen LogP contribution in [0.15, 0.2) is 188 Å². The molecule has 4 heterocycles. The maximum atomic E-state index is 5.54. The molecule has 0 unspecified atom stereocenters. The number of benzene rings is 8. The average Bonchev–Trinajstić information content (AvgIpc) is 4.02. The van der Waals surface area contributed by atoms with Gasteiger partial charge in [-0.15, -0.1) is 53.6 Å². The molecule has 0 bridgehead atoms. The van der Waals surface area contributed by atoms with E-state index in [0.717, 1.165) is 94.5 Å². The molecule has 0 spiro atoms. The summed E-state index contributed by atoms with van der Waals surface area (Å²) in [5, 5.41) is 2.19. The van der Waals surface area contributed by atoms with Crippen molar-refractivity contribution >= 4 is 32.8 Å². The number of pyridine rings is 1. The van der Waals surface area contributed by atoms with Crippen LogP contribution in [0.3, 0.4) is 0 Å². The molecular formula is C70H61N7Pt-2. The number of fused-ring (bicyclic) bond motifs is 4. The van der Waals surface area contributed by atoms with Gasteiger partial charge in [0, 0.05) is 38.3 Å². The van der Waals surface area contributed by atoms with Crippen LogP contribution in [0.4, 0.5) is 0 Å². The Bertz CT molecular complexity index is 4130. The smallest absolute Gasteiger partial charge is 0.268 e. The molecule has 388 valence electrons. The summed E-state index contributed by atoms with van der Waals surface area (Å²) in [6.45, 7) is 22.7. The van der Waals surface area contributed by atoms with Crippen LogP contribution in [-0.2, 0) is 37.3 Å². The van der Waals surface area contributed by atoms with E-state index in [4.69, 9.17) is 19.9 Å². The summed E-state index contributed by atoms with van der Waals surface area (Å²) in [6.07, 6.45) is 5.72. The zero-order chi connectivity index (χ0) is 53.4. The summed E-state index contributed by atoms with van der Waals surface area (Å²) in [4.78, 5) is 21.4. The van der Waals surface area contributed by atoms with Crippen molar-refractivity contribution in [1.82, 2.24) is 29.1 Å². The number of imidazole rings is 1. The van der Waals surface area contributed by atoms with E-state index < -0.39 is 0 Å². The molecule has 7 nitrogen and oxygen atoms in total. The van der Waals surface area contributed by atoms with E-state index in [1.165, 1.54) is 16.7 Å². The minimum absolute atomic E-state index is 0. The zero-order valence-electron chi connectivity index (χ0n) is 45.8. The Morgan fingerprint density at radius 3 is 1.67 bits per heavy atom. The van der Waals surface area contributed by atoms with Crippen molar-refractivity contribution in [3.8, 4) is 73.6 Å². The van der Waals surface area contributed by atoms with E-state index in [0.29, 0.717) is 17.5 Å². The number of hydrogen-bond acceptors (Lipinski definition) is 4.